The van der Waals surface area contributed by atoms with E-state index in [1.54, 1.807) is 35.3 Å². The van der Waals surface area contributed by atoms with Crippen LogP contribution in [0.2, 0.25) is 0 Å². The summed E-state index contributed by atoms with van der Waals surface area (Å²) in [5.41, 5.74) is 3.39. The van der Waals surface area contributed by atoms with E-state index in [0.29, 0.717) is 29.9 Å². The number of sulfonamides is 1. The summed E-state index contributed by atoms with van der Waals surface area (Å²) in [5, 5.41) is 7.12. The molecule has 0 radical (unpaired) electrons. The van der Waals surface area contributed by atoms with Crippen molar-refractivity contribution >= 4 is 27.3 Å². The van der Waals surface area contributed by atoms with Gasteiger partial charge in [0, 0.05) is 24.5 Å². The lowest BCUT2D eigenvalue weighted by Crippen LogP contribution is -2.27. The van der Waals surface area contributed by atoms with Gasteiger partial charge in [-0.15, -0.1) is 0 Å². The fourth-order valence-corrected chi connectivity index (χ4v) is 4.20. The Morgan fingerprint density at radius 2 is 1.93 bits per heavy atom. The Kier molecular flexibility index (Phi) is 4.19. The van der Waals surface area contributed by atoms with Gasteiger partial charge >= 0.3 is 0 Å². The molecular formula is C19H18N4O3S. The second kappa shape index (κ2) is 6.55. The van der Waals surface area contributed by atoms with E-state index < -0.39 is 10.0 Å². The number of carbonyl (C=O) groups is 1. The second-order valence-corrected chi connectivity index (χ2v) is 8.26. The molecule has 7 nitrogen and oxygen atoms in total. The first-order valence-electron chi connectivity index (χ1n) is 8.44. The highest BCUT2D eigenvalue weighted by Gasteiger charge is 2.26. The number of benzene rings is 2. The van der Waals surface area contributed by atoms with Gasteiger partial charge in [0.15, 0.2) is 0 Å². The number of hydrogen-bond donors (Lipinski definition) is 1. The van der Waals surface area contributed by atoms with Crippen LogP contribution in [0, 0.1) is 0 Å². The van der Waals surface area contributed by atoms with Crippen molar-refractivity contribution in [2.24, 2.45) is 0 Å². The van der Waals surface area contributed by atoms with Crippen LogP contribution in [0.3, 0.4) is 0 Å². The molecule has 1 amide bonds. The van der Waals surface area contributed by atoms with Crippen molar-refractivity contribution < 1.29 is 13.2 Å². The number of nitrogens with one attached hydrogen (secondary N) is 1. The Hall–Kier alpha value is -3.13. The van der Waals surface area contributed by atoms with Gasteiger partial charge in [-0.25, -0.2) is 13.1 Å². The summed E-state index contributed by atoms with van der Waals surface area (Å²) >= 11 is 0. The lowest BCUT2D eigenvalue weighted by atomic mass is 10.1. The van der Waals surface area contributed by atoms with E-state index in [4.69, 9.17) is 0 Å². The van der Waals surface area contributed by atoms with Gasteiger partial charge in [-0.3, -0.25) is 9.10 Å². The summed E-state index contributed by atoms with van der Waals surface area (Å²) in [6.45, 7) is 0.404. The molecule has 0 atom stereocenters. The molecule has 2 aromatic carbocycles. The number of hydrogen-bond acceptors (Lipinski definition) is 4. The predicted molar refractivity (Wildman–Crippen MR) is 104 cm³/mol. The Morgan fingerprint density at radius 1 is 1.11 bits per heavy atom. The van der Waals surface area contributed by atoms with E-state index in [-0.39, 0.29) is 5.91 Å². The number of anilines is 2. The molecule has 4 rings (SSSR count). The van der Waals surface area contributed by atoms with E-state index in [1.165, 1.54) is 10.6 Å². The molecule has 0 spiro atoms. The molecule has 0 bridgehead atoms. The zero-order chi connectivity index (χ0) is 19.0. The van der Waals surface area contributed by atoms with Crippen LogP contribution in [0.15, 0.2) is 60.9 Å². The summed E-state index contributed by atoms with van der Waals surface area (Å²) in [4.78, 5) is 12.7. The largest absolute Gasteiger partial charge is 0.320 e. The molecule has 1 N–H and O–H groups in total. The first kappa shape index (κ1) is 17.3. The number of nitrogens with zero attached hydrogens (tertiary/aromatic N) is 3. The average Bonchev–Trinajstić information content (AvgIpc) is 3.31. The summed E-state index contributed by atoms with van der Waals surface area (Å²) in [6.07, 6.45) is 5.26. The zero-order valence-corrected chi connectivity index (χ0v) is 15.5. The lowest BCUT2D eigenvalue weighted by molar-refractivity contribution is 0.102. The minimum Gasteiger partial charge on any atom is -0.320 e. The Bertz CT molecular complexity index is 1110. The lowest BCUT2D eigenvalue weighted by Gasteiger charge is -2.16. The average molecular weight is 382 g/mol. The maximum absolute atomic E-state index is 12.7. The summed E-state index contributed by atoms with van der Waals surface area (Å²) in [7, 11) is -3.31. The Labute approximate surface area is 157 Å². The second-order valence-electron chi connectivity index (χ2n) is 6.35. The molecule has 138 valence electrons. The van der Waals surface area contributed by atoms with Crippen LogP contribution in [0.25, 0.3) is 5.69 Å². The molecule has 27 heavy (non-hydrogen) atoms. The first-order chi connectivity index (χ1) is 12.9. The summed E-state index contributed by atoms with van der Waals surface area (Å²) in [6, 6.07) is 14.3. The van der Waals surface area contributed by atoms with Crippen LogP contribution < -0.4 is 9.62 Å². The molecule has 0 fully saturated rings. The molecule has 1 aromatic heterocycles. The van der Waals surface area contributed by atoms with Gasteiger partial charge in [0.2, 0.25) is 10.0 Å². The molecule has 0 aliphatic carbocycles. The van der Waals surface area contributed by atoms with Crippen molar-refractivity contribution in [3.05, 3.63) is 72.1 Å². The van der Waals surface area contributed by atoms with Crippen LogP contribution in [-0.4, -0.2) is 36.9 Å². The van der Waals surface area contributed by atoms with Gasteiger partial charge in [-0.1, -0.05) is 12.1 Å². The van der Waals surface area contributed by atoms with Crippen LogP contribution in [0.5, 0.6) is 0 Å². The summed E-state index contributed by atoms with van der Waals surface area (Å²) in [5.74, 6) is -0.254. The number of para-hydroxylation sites is 2. The van der Waals surface area contributed by atoms with Gasteiger partial charge in [0.05, 0.1) is 23.3 Å². The van der Waals surface area contributed by atoms with Crippen molar-refractivity contribution in [3.63, 3.8) is 0 Å². The van der Waals surface area contributed by atoms with E-state index in [0.717, 1.165) is 11.3 Å². The van der Waals surface area contributed by atoms with Crippen molar-refractivity contribution in [2.75, 3.05) is 22.4 Å². The minimum absolute atomic E-state index is 0.254. The molecule has 3 aromatic rings. The third-order valence-electron chi connectivity index (χ3n) is 4.50. The maximum atomic E-state index is 12.7. The number of amides is 1. The van der Waals surface area contributed by atoms with Gasteiger partial charge in [0.1, 0.15) is 0 Å². The number of carbonyl (C=O) groups excluding carboxylic acids is 1. The Morgan fingerprint density at radius 3 is 2.67 bits per heavy atom. The smallest absolute Gasteiger partial charge is 0.255 e. The third kappa shape index (κ3) is 3.31. The van der Waals surface area contributed by atoms with E-state index in [9.17, 15) is 13.2 Å². The predicted octanol–water partition coefficient (Wildman–Crippen LogP) is 2.45. The molecule has 1 aliphatic heterocycles. The fourth-order valence-electron chi connectivity index (χ4n) is 3.24. The normalized spacial score (nSPS) is 13.4. The van der Waals surface area contributed by atoms with Crippen molar-refractivity contribution in [1.29, 1.82) is 0 Å². The Balaban J connectivity index is 1.61. The number of fused-ring (bicyclic) bond motifs is 1. The van der Waals surface area contributed by atoms with E-state index >= 15 is 0 Å². The first-order valence-corrected chi connectivity index (χ1v) is 10.3. The van der Waals surface area contributed by atoms with Crippen LogP contribution in [-0.2, 0) is 16.4 Å². The molecule has 1 aliphatic rings. The van der Waals surface area contributed by atoms with Gasteiger partial charge in [-0.05, 0) is 48.4 Å². The van der Waals surface area contributed by atoms with Crippen LogP contribution in [0.4, 0.5) is 11.4 Å². The van der Waals surface area contributed by atoms with Gasteiger partial charge in [0.25, 0.3) is 5.91 Å². The molecular weight excluding hydrogens is 364 g/mol. The van der Waals surface area contributed by atoms with Crippen molar-refractivity contribution in [1.82, 2.24) is 9.78 Å². The quantitative estimate of drug-likeness (QED) is 0.751. The zero-order valence-electron chi connectivity index (χ0n) is 14.7. The third-order valence-corrected chi connectivity index (χ3v) is 5.68. The standard InChI is InChI=1S/C19H18N4O3S/c1-27(25,26)23-12-9-14-13-15(7-8-17(14)23)19(24)21-16-5-2-3-6-18(16)22-11-4-10-20-22/h2-8,10-11,13H,9,12H2,1H3,(H,21,24). The molecule has 0 unspecified atom stereocenters. The maximum Gasteiger partial charge on any atom is 0.255 e. The molecule has 2 heterocycles. The minimum atomic E-state index is -3.31. The highest BCUT2D eigenvalue weighted by molar-refractivity contribution is 7.92. The number of aromatic nitrogens is 2. The SMILES string of the molecule is CS(=O)(=O)N1CCc2cc(C(=O)Nc3ccccc3-n3cccn3)ccc21. The van der Waals surface area contributed by atoms with Crippen LogP contribution >= 0.6 is 0 Å². The topological polar surface area (TPSA) is 84.3 Å². The van der Waals surface area contributed by atoms with Gasteiger partial charge < -0.3 is 5.32 Å². The van der Waals surface area contributed by atoms with Crippen molar-refractivity contribution in [2.45, 2.75) is 6.42 Å². The van der Waals surface area contributed by atoms with E-state index in [1.807, 2.05) is 30.3 Å². The van der Waals surface area contributed by atoms with Crippen LogP contribution in [0.1, 0.15) is 15.9 Å². The van der Waals surface area contributed by atoms with Gasteiger partial charge in [-0.2, -0.15) is 5.10 Å². The highest BCUT2D eigenvalue weighted by atomic mass is 32.2. The molecule has 0 saturated carbocycles. The fraction of sp³-hybridized carbons (Fsp3) is 0.158. The number of rotatable bonds is 4. The monoisotopic (exact) mass is 382 g/mol. The highest BCUT2D eigenvalue weighted by Crippen LogP contribution is 2.31. The summed E-state index contributed by atoms with van der Waals surface area (Å²) < 4.78 is 26.7. The molecule has 0 saturated heterocycles. The van der Waals surface area contributed by atoms with E-state index in [2.05, 4.69) is 10.4 Å². The van der Waals surface area contributed by atoms with Crippen molar-refractivity contribution in [3.8, 4) is 5.69 Å². The molecule has 8 heteroatoms.